The van der Waals surface area contributed by atoms with Gasteiger partial charge in [-0.1, -0.05) is 45.8 Å². The molecule has 230 valence electrons. The number of thiazole rings is 1. The standard InChI is InChI=1S/C29H22Cl2F3N3O6S/c30-17-2-1-3-18(31)21(17)24-22(25(43-36-24)12-4-5-12)27(40)41-16-10-14-6-7-15(11-16)37(14)28-35-23-19(42-29(32,33)34)8-13(26(38)39)9-20(23)44-28/h1-3,8-9,12,14-16H,4-7,10-11H2,(H,38,39). The number of carbonyl (C=O) groups is 2. The fraction of sp³-hybridized carbons (Fsp3) is 0.379. The highest BCUT2D eigenvalue weighted by Crippen LogP contribution is 2.48. The van der Waals surface area contributed by atoms with E-state index in [1.165, 1.54) is 6.07 Å². The molecule has 2 unspecified atom stereocenters. The Labute approximate surface area is 261 Å². The average molecular weight is 668 g/mol. The van der Waals surface area contributed by atoms with Crippen molar-refractivity contribution < 1.29 is 41.9 Å². The van der Waals surface area contributed by atoms with Crippen LogP contribution in [-0.2, 0) is 4.74 Å². The summed E-state index contributed by atoms with van der Waals surface area (Å²) < 4.78 is 55.4. The first kappa shape index (κ1) is 29.2. The van der Waals surface area contributed by atoms with Crippen LogP contribution < -0.4 is 9.64 Å². The van der Waals surface area contributed by atoms with Crippen molar-refractivity contribution in [2.45, 2.75) is 69.0 Å². The quantitative estimate of drug-likeness (QED) is 0.195. The highest BCUT2D eigenvalue weighted by atomic mass is 35.5. The van der Waals surface area contributed by atoms with E-state index in [0.717, 1.165) is 43.1 Å². The number of anilines is 1. The van der Waals surface area contributed by atoms with Gasteiger partial charge in [-0.25, -0.2) is 14.6 Å². The highest BCUT2D eigenvalue weighted by Gasteiger charge is 2.45. The molecular formula is C29H22Cl2F3N3O6S. The Balaban J connectivity index is 1.14. The summed E-state index contributed by atoms with van der Waals surface area (Å²) in [7, 11) is 0. The van der Waals surface area contributed by atoms with Gasteiger partial charge in [0, 0.05) is 36.4 Å². The molecule has 2 aromatic carbocycles. The molecule has 1 saturated carbocycles. The summed E-state index contributed by atoms with van der Waals surface area (Å²) in [5.41, 5.74) is 0.447. The number of fused-ring (bicyclic) bond motifs is 3. The van der Waals surface area contributed by atoms with Crippen LogP contribution in [0.3, 0.4) is 0 Å². The van der Waals surface area contributed by atoms with E-state index in [0.29, 0.717) is 39.3 Å². The SMILES string of the molecule is O=C(O)c1cc(OC(F)(F)F)c2nc(N3C4CCC3CC(OC(=O)c3c(-c5c(Cl)cccc5Cl)noc3C3CC3)C4)sc2c1. The average Bonchev–Trinajstić information content (AvgIpc) is 3.44. The molecule has 2 aliphatic heterocycles. The van der Waals surface area contributed by atoms with Gasteiger partial charge < -0.3 is 24.0 Å². The van der Waals surface area contributed by atoms with Gasteiger partial charge in [0.2, 0.25) is 0 Å². The van der Waals surface area contributed by atoms with Crippen LogP contribution in [0.4, 0.5) is 18.3 Å². The largest absolute Gasteiger partial charge is 0.573 e. The molecule has 15 heteroatoms. The first-order chi connectivity index (χ1) is 21.0. The lowest BCUT2D eigenvalue weighted by Gasteiger charge is -2.38. The number of ether oxygens (including phenoxy) is 2. The summed E-state index contributed by atoms with van der Waals surface area (Å²) in [4.78, 5) is 31.8. The van der Waals surface area contributed by atoms with E-state index >= 15 is 0 Å². The number of carbonyl (C=O) groups excluding carboxylic acids is 1. The van der Waals surface area contributed by atoms with Gasteiger partial charge in [-0.3, -0.25) is 0 Å². The second kappa shape index (κ2) is 10.8. The second-order valence-electron chi connectivity index (χ2n) is 11.1. The van der Waals surface area contributed by atoms with Crippen LogP contribution in [0.5, 0.6) is 5.75 Å². The van der Waals surface area contributed by atoms with E-state index in [2.05, 4.69) is 14.9 Å². The summed E-state index contributed by atoms with van der Waals surface area (Å²) in [5.74, 6) is -2.11. The molecule has 0 spiro atoms. The van der Waals surface area contributed by atoms with Gasteiger partial charge >= 0.3 is 18.3 Å². The Morgan fingerprint density at radius 1 is 1.07 bits per heavy atom. The van der Waals surface area contributed by atoms with Crippen LogP contribution in [0.15, 0.2) is 34.9 Å². The van der Waals surface area contributed by atoms with E-state index < -0.39 is 30.2 Å². The van der Waals surface area contributed by atoms with E-state index in [9.17, 15) is 27.9 Å². The van der Waals surface area contributed by atoms with Crippen LogP contribution in [0.25, 0.3) is 21.5 Å². The third-order valence-corrected chi connectivity index (χ3v) is 9.82. The molecule has 1 N–H and O–H groups in total. The van der Waals surface area contributed by atoms with Crippen molar-refractivity contribution in [1.82, 2.24) is 10.1 Å². The monoisotopic (exact) mass is 667 g/mol. The zero-order valence-corrected chi connectivity index (χ0v) is 24.9. The summed E-state index contributed by atoms with van der Waals surface area (Å²) in [6.45, 7) is 0. The predicted octanol–water partition coefficient (Wildman–Crippen LogP) is 8.09. The van der Waals surface area contributed by atoms with E-state index in [1.54, 1.807) is 18.2 Å². The Morgan fingerprint density at radius 2 is 1.75 bits per heavy atom. The van der Waals surface area contributed by atoms with Crippen molar-refractivity contribution >= 4 is 61.8 Å². The molecule has 3 aliphatic rings. The number of aromatic carboxylic acids is 1. The van der Waals surface area contributed by atoms with E-state index in [4.69, 9.17) is 32.5 Å². The second-order valence-corrected chi connectivity index (χ2v) is 12.9. The summed E-state index contributed by atoms with van der Waals surface area (Å²) in [6, 6.07) is 6.92. The summed E-state index contributed by atoms with van der Waals surface area (Å²) in [6.07, 6.45) is -1.27. The maximum Gasteiger partial charge on any atom is 0.573 e. The van der Waals surface area contributed by atoms with Crippen molar-refractivity contribution in [1.29, 1.82) is 0 Å². The lowest BCUT2D eigenvalue weighted by Crippen LogP contribution is -2.46. The molecule has 2 atom stereocenters. The Kier molecular flexibility index (Phi) is 7.17. The minimum atomic E-state index is -5.02. The van der Waals surface area contributed by atoms with Crippen LogP contribution in [0, 0.1) is 0 Å². The van der Waals surface area contributed by atoms with E-state index in [-0.39, 0.29) is 45.0 Å². The summed E-state index contributed by atoms with van der Waals surface area (Å²) in [5, 5.41) is 14.7. The molecule has 2 aromatic heterocycles. The van der Waals surface area contributed by atoms with Gasteiger partial charge in [-0.15, -0.1) is 13.2 Å². The van der Waals surface area contributed by atoms with Crippen LogP contribution >= 0.6 is 34.5 Å². The van der Waals surface area contributed by atoms with E-state index in [1.807, 2.05) is 4.90 Å². The molecule has 2 saturated heterocycles. The maximum atomic E-state index is 13.7. The number of alkyl halides is 3. The predicted molar refractivity (Wildman–Crippen MR) is 155 cm³/mol. The smallest absolute Gasteiger partial charge is 0.478 e. The molecule has 3 fully saturated rings. The van der Waals surface area contributed by atoms with Crippen molar-refractivity contribution in [3.63, 3.8) is 0 Å². The molecule has 4 heterocycles. The topological polar surface area (TPSA) is 115 Å². The Hall–Kier alpha value is -3.55. The lowest BCUT2D eigenvalue weighted by molar-refractivity contribution is -0.274. The van der Waals surface area contributed by atoms with Gasteiger partial charge in [0.15, 0.2) is 16.6 Å². The van der Waals surface area contributed by atoms with Gasteiger partial charge in [-0.05, 0) is 49.9 Å². The molecule has 7 rings (SSSR count). The van der Waals surface area contributed by atoms with Gasteiger partial charge in [0.25, 0.3) is 0 Å². The molecule has 1 aliphatic carbocycles. The fourth-order valence-corrected chi connectivity index (χ4v) is 7.93. The number of carboxylic acid groups (broad SMARTS) is 1. The van der Waals surface area contributed by atoms with Gasteiger partial charge in [-0.2, -0.15) is 0 Å². The number of carboxylic acids is 1. The lowest BCUT2D eigenvalue weighted by atomic mass is 9.99. The molecule has 4 aromatic rings. The molecule has 44 heavy (non-hydrogen) atoms. The highest BCUT2D eigenvalue weighted by molar-refractivity contribution is 7.22. The number of nitrogens with zero attached hydrogens (tertiary/aromatic N) is 3. The maximum absolute atomic E-state index is 13.7. The Morgan fingerprint density at radius 3 is 2.36 bits per heavy atom. The third kappa shape index (κ3) is 5.34. The van der Waals surface area contributed by atoms with Gasteiger partial charge in [0.1, 0.15) is 22.9 Å². The van der Waals surface area contributed by atoms with Crippen molar-refractivity contribution in [2.75, 3.05) is 4.90 Å². The zero-order chi connectivity index (χ0) is 30.9. The van der Waals surface area contributed by atoms with Gasteiger partial charge in [0.05, 0.1) is 20.3 Å². The van der Waals surface area contributed by atoms with Crippen LogP contribution in [-0.4, -0.2) is 51.7 Å². The third-order valence-electron chi connectivity index (χ3n) is 8.18. The number of rotatable bonds is 7. The number of hydrogen-bond donors (Lipinski definition) is 1. The van der Waals surface area contributed by atoms with Crippen molar-refractivity contribution in [3.05, 3.63) is 57.3 Å². The van der Waals surface area contributed by atoms with Crippen molar-refractivity contribution in [3.8, 4) is 17.0 Å². The number of aromatic nitrogens is 2. The van der Waals surface area contributed by atoms with Crippen molar-refractivity contribution in [2.24, 2.45) is 0 Å². The number of hydrogen-bond acceptors (Lipinski definition) is 9. The molecule has 9 nitrogen and oxygen atoms in total. The number of halogens is 5. The zero-order valence-electron chi connectivity index (χ0n) is 22.6. The first-order valence-corrected chi connectivity index (χ1v) is 15.4. The summed E-state index contributed by atoms with van der Waals surface area (Å²) >= 11 is 14.0. The fourth-order valence-electron chi connectivity index (χ4n) is 6.19. The van der Waals surface area contributed by atoms with Crippen LogP contribution in [0.1, 0.15) is 70.9 Å². The van der Waals surface area contributed by atoms with Crippen LogP contribution in [0.2, 0.25) is 10.0 Å². The molecule has 2 bridgehead atoms. The normalized spacial score (nSPS) is 21.6. The minimum Gasteiger partial charge on any atom is -0.478 e. The number of benzene rings is 2. The number of esters is 1. The number of piperidine rings is 1. The minimum absolute atomic E-state index is 0.0602. The first-order valence-electron chi connectivity index (χ1n) is 13.8. The molecular weight excluding hydrogens is 646 g/mol. The molecule has 0 amide bonds. The Bertz CT molecular complexity index is 1770. The molecule has 0 radical (unpaired) electrons.